The van der Waals surface area contributed by atoms with Crippen LogP contribution in [-0.2, 0) is 16.3 Å². The van der Waals surface area contributed by atoms with Crippen molar-refractivity contribution in [2.45, 2.75) is 32.3 Å². The van der Waals surface area contributed by atoms with Crippen molar-refractivity contribution in [2.24, 2.45) is 0 Å². The van der Waals surface area contributed by atoms with E-state index in [0.29, 0.717) is 31.0 Å². The molecule has 0 atom stereocenters. The molecule has 1 saturated heterocycles. The normalized spacial score (nSPS) is 14.8. The fourth-order valence-electron chi connectivity index (χ4n) is 5.15. The van der Waals surface area contributed by atoms with E-state index >= 15 is 4.39 Å². The Balaban J connectivity index is 1.14. The van der Waals surface area contributed by atoms with Gasteiger partial charge in [0.1, 0.15) is 15.9 Å². The summed E-state index contributed by atoms with van der Waals surface area (Å²) in [5.41, 5.74) is 4.17. The number of sulfone groups is 1. The van der Waals surface area contributed by atoms with Crippen LogP contribution in [-0.4, -0.2) is 71.0 Å². The Morgan fingerprint density at radius 2 is 1.95 bits per heavy atom. The standard InChI is InChI=1S/C31H33FN6O3S2/c1-3-28-37-29(21-5-4-20-8-12-33-26(20)18-21)30(42-28)25-9-13-34-31(36-25)35-22-6-7-27(24(32)19-22)41-23-10-14-38(15-11-23)16-17-43(2,39)40/h4-9,12-13,18-19,23,33H,3,10-11,14-17H2,1-2H3,(H,34,35,36). The Hall–Kier alpha value is -3.87. The zero-order valence-corrected chi connectivity index (χ0v) is 25.6. The van der Waals surface area contributed by atoms with Gasteiger partial charge in [0.05, 0.1) is 27.0 Å². The molecule has 224 valence electrons. The zero-order valence-electron chi connectivity index (χ0n) is 24.0. The molecule has 0 unspecified atom stereocenters. The topological polar surface area (TPSA) is 113 Å². The van der Waals surface area contributed by atoms with Gasteiger partial charge in [-0.3, -0.25) is 0 Å². The summed E-state index contributed by atoms with van der Waals surface area (Å²) in [4.78, 5) is 20.4. The first-order valence-electron chi connectivity index (χ1n) is 14.3. The van der Waals surface area contributed by atoms with Crippen molar-refractivity contribution >= 4 is 43.7 Å². The number of fused-ring (bicyclic) bond motifs is 1. The van der Waals surface area contributed by atoms with Crippen LogP contribution in [0.15, 0.2) is 60.9 Å². The molecule has 1 aliphatic heterocycles. The number of halogens is 1. The lowest BCUT2D eigenvalue weighted by Gasteiger charge is -2.32. The number of hydrogen-bond donors (Lipinski definition) is 2. The van der Waals surface area contributed by atoms with E-state index in [2.05, 4.69) is 45.3 Å². The van der Waals surface area contributed by atoms with Crippen LogP contribution in [0.2, 0.25) is 0 Å². The van der Waals surface area contributed by atoms with Crippen molar-refractivity contribution in [2.75, 3.05) is 37.0 Å². The van der Waals surface area contributed by atoms with Gasteiger partial charge in [-0.25, -0.2) is 27.8 Å². The Morgan fingerprint density at radius 3 is 2.72 bits per heavy atom. The third kappa shape index (κ3) is 7.03. The fourth-order valence-corrected chi connectivity index (χ4v) is 6.74. The van der Waals surface area contributed by atoms with Crippen molar-refractivity contribution in [1.29, 1.82) is 0 Å². The molecule has 9 nitrogen and oxygen atoms in total. The number of rotatable bonds is 10. The predicted octanol–water partition coefficient (Wildman–Crippen LogP) is 6.08. The maximum atomic E-state index is 15.1. The number of ether oxygens (including phenoxy) is 1. The minimum absolute atomic E-state index is 0.123. The Bertz CT molecular complexity index is 1850. The second-order valence-electron chi connectivity index (χ2n) is 10.7. The monoisotopic (exact) mass is 620 g/mol. The van der Waals surface area contributed by atoms with Gasteiger partial charge in [0.2, 0.25) is 5.95 Å². The Labute approximate surface area is 254 Å². The van der Waals surface area contributed by atoms with E-state index in [1.54, 1.807) is 29.7 Å². The third-order valence-corrected chi connectivity index (χ3v) is 9.63. The molecule has 43 heavy (non-hydrogen) atoms. The summed E-state index contributed by atoms with van der Waals surface area (Å²) in [5.74, 6) is 0.209. The lowest BCUT2D eigenvalue weighted by molar-refractivity contribution is 0.100. The molecule has 4 heterocycles. The molecule has 12 heteroatoms. The summed E-state index contributed by atoms with van der Waals surface area (Å²) in [7, 11) is -2.99. The SMILES string of the molecule is CCc1nc(-c2ccc3cc[nH]c3c2)c(-c2ccnc(Nc3ccc(OC4CCN(CCS(C)(=O)=O)CC4)c(F)c3)n2)s1. The van der Waals surface area contributed by atoms with E-state index in [1.165, 1.54) is 12.3 Å². The number of benzene rings is 2. The molecule has 2 N–H and O–H groups in total. The van der Waals surface area contributed by atoms with E-state index in [4.69, 9.17) is 14.7 Å². The van der Waals surface area contributed by atoms with Crippen LogP contribution >= 0.6 is 11.3 Å². The van der Waals surface area contributed by atoms with E-state index in [9.17, 15) is 8.42 Å². The molecule has 5 aromatic rings. The summed E-state index contributed by atoms with van der Waals surface area (Å²) in [6.07, 6.45) is 6.97. The number of thiazole rings is 1. The molecule has 1 aliphatic rings. The number of piperidine rings is 1. The van der Waals surface area contributed by atoms with Gasteiger partial charge in [0, 0.05) is 61.1 Å². The number of nitrogens with one attached hydrogen (secondary N) is 2. The predicted molar refractivity (Wildman–Crippen MR) is 169 cm³/mol. The minimum atomic E-state index is -2.99. The summed E-state index contributed by atoms with van der Waals surface area (Å²) in [6.45, 7) is 4.03. The number of H-pyrrole nitrogens is 1. The molecule has 0 amide bonds. The molecule has 0 bridgehead atoms. The quantitative estimate of drug-likeness (QED) is 0.193. The smallest absolute Gasteiger partial charge is 0.227 e. The lowest BCUT2D eigenvalue weighted by Crippen LogP contribution is -2.40. The van der Waals surface area contributed by atoms with Crippen LogP contribution in [0.25, 0.3) is 32.7 Å². The highest BCUT2D eigenvalue weighted by Gasteiger charge is 2.22. The van der Waals surface area contributed by atoms with Crippen LogP contribution in [0, 0.1) is 5.82 Å². The van der Waals surface area contributed by atoms with Gasteiger partial charge in [-0.2, -0.15) is 0 Å². The number of aromatic amines is 1. The molecule has 0 aliphatic carbocycles. The molecular weight excluding hydrogens is 588 g/mol. The van der Waals surface area contributed by atoms with Gasteiger partial charge in [-0.05, 0) is 55.0 Å². The largest absolute Gasteiger partial charge is 0.487 e. The van der Waals surface area contributed by atoms with Crippen molar-refractivity contribution < 1.29 is 17.5 Å². The minimum Gasteiger partial charge on any atom is -0.487 e. The van der Waals surface area contributed by atoms with Crippen LogP contribution in [0.3, 0.4) is 0 Å². The lowest BCUT2D eigenvalue weighted by atomic mass is 10.1. The number of nitrogens with zero attached hydrogens (tertiary/aromatic N) is 4. The summed E-state index contributed by atoms with van der Waals surface area (Å²) in [6, 6.07) is 14.9. The molecule has 1 fully saturated rings. The first-order valence-corrected chi connectivity index (χ1v) is 17.2. The van der Waals surface area contributed by atoms with Crippen LogP contribution in [0.1, 0.15) is 24.8 Å². The Morgan fingerprint density at radius 1 is 1.12 bits per heavy atom. The van der Waals surface area contributed by atoms with Gasteiger partial charge < -0.3 is 19.9 Å². The number of aromatic nitrogens is 4. The molecule has 3 aromatic heterocycles. The maximum absolute atomic E-state index is 15.1. The summed E-state index contributed by atoms with van der Waals surface area (Å²) in [5, 5.41) is 5.28. The average Bonchev–Trinajstić information content (AvgIpc) is 3.65. The third-order valence-electron chi connectivity index (χ3n) is 7.49. The first-order chi connectivity index (χ1) is 20.7. The van der Waals surface area contributed by atoms with Crippen LogP contribution in [0.5, 0.6) is 5.75 Å². The van der Waals surface area contributed by atoms with Crippen molar-refractivity contribution in [3.63, 3.8) is 0 Å². The average molecular weight is 621 g/mol. The molecule has 6 rings (SSSR count). The van der Waals surface area contributed by atoms with Crippen molar-refractivity contribution in [3.05, 3.63) is 71.7 Å². The Kier molecular flexibility index (Phi) is 8.42. The highest BCUT2D eigenvalue weighted by Crippen LogP contribution is 2.37. The van der Waals surface area contributed by atoms with E-state index in [1.807, 2.05) is 18.3 Å². The number of likely N-dealkylation sites (tertiary alicyclic amines) is 1. The molecular formula is C31H33FN6O3S2. The van der Waals surface area contributed by atoms with Crippen molar-refractivity contribution in [1.82, 2.24) is 24.8 Å². The van der Waals surface area contributed by atoms with Crippen LogP contribution in [0.4, 0.5) is 16.0 Å². The maximum Gasteiger partial charge on any atom is 0.227 e. The van der Waals surface area contributed by atoms with Gasteiger partial charge >= 0.3 is 0 Å². The summed E-state index contributed by atoms with van der Waals surface area (Å²) < 4.78 is 43.9. The molecule has 2 aromatic carbocycles. The number of anilines is 2. The highest BCUT2D eigenvalue weighted by atomic mass is 32.2. The summed E-state index contributed by atoms with van der Waals surface area (Å²) >= 11 is 1.61. The zero-order chi connectivity index (χ0) is 30.0. The molecule has 0 spiro atoms. The number of hydrogen-bond acceptors (Lipinski definition) is 9. The second kappa shape index (κ2) is 12.4. The van der Waals surface area contributed by atoms with Gasteiger partial charge in [-0.1, -0.05) is 19.1 Å². The van der Waals surface area contributed by atoms with E-state index in [-0.39, 0.29) is 17.6 Å². The van der Waals surface area contributed by atoms with E-state index < -0.39 is 15.7 Å². The molecule has 0 radical (unpaired) electrons. The number of aryl methyl sites for hydroxylation is 1. The molecule has 0 saturated carbocycles. The fraction of sp³-hybridized carbons (Fsp3) is 0.323. The second-order valence-corrected chi connectivity index (χ2v) is 14.1. The van der Waals surface area contributed by atoms with Crippen LogP contribution < -0.4 is 10.1 Å². The van der Waals surface area contributed by atoms with Gasteiger partial charge in [0.15, 0.2) is 11.6 Å². The van der Waals surface area contributed by atoms with E-state index in [0.717, 1.165) is 57.2 Å². The van der Waals surface area contributed by atoms with Gasteiger partial charge in [0.25, 0.3) is 0 Å². The van der Waals surface area contributed by atoms with Crippen molar-refractivity contribution in [3.8, 4) is 27.6 Å². The first kappa shape index (κ1) is 29.2. The van der Waals surface area contributed by atoms with Gasteiger partial charge in [-0.15, -0.1) is 11.3 Å². The highest BCUT2D eigenvalue weighted by molar-refractivity contribution is 7.90.